The number of nitrogens with zero attached hydrogens (tertiary/aromatic N) is 4. The summed E-state index contributed by atoms with van der Waals surface area (Å²) in [7, 11) is 1.79. The quantitative estimate of drug-likeness (QED) is 0.710. The Morgan fingerprint density at radius 3 is 2.52 bits per heavy atom. The molecule has 0 saturated carbocycles. The Bertz CT molecular complexity index is 895. The molecule has 0 radical (unpaired) electrons. The van der Waals surface area contributed by atoms with Gasteiger partial charge in [0.25, 0.3) is 0 Å². The number of carbonyl (C=O) groups excluding carboxylic acids is 1. The predicted octanol–water partition coefficient (Wildman–Crippen LogP) is 4.38. The molecule has 2 amide bonds. The van der Waals surface area contributed by atoms with E-state index in [4.69, 9.17) is 11.6 Å². The molecule has 1 aromatic heterocycles. The SMILES string of the molecule is CC(NC(=O)N(C)C(C)c1ccc(-n2cncn2)cc1)c1cccc(Cl)c1. The monoisotopic (exact) mass is 383 g/mol. The summed E-state index contributed by atoms with van der Waals surface area (Å²) in [5.74, 6) is 0. The standard InChI is InChI=1S/C20H22ClN5O/c1-14(17-5-4-6-18(21)11-17)24-20(27)25(3)15(2)16-7-9-19(10-8-16)26-13-22-12-23-26/h4-15H,1-3H3,(H,24,27). The van der Waals surface area contributed by atoms with E-state index < -0.39 is 0 Å². The summed E-state index contributed by atoms with van der Waals surface area (Å²) < 4.78 is 1.69. The lowest BCUT2D eigenvalue weighted by Gasteiger charge is -2.27. The normalized spacial score (nSPS) is 13.0. The first kappa shape index (κ1) is 18.9. The molecule has 6 nitrogen and oxygen atoms in total. The highest BCUT2D eigenvalue weighted by molar-refractivity contribution is 6.30. The summed E-state index contributed by atoms with van der Waals surface area (Å²) >= 11 is 6.04. The van der Waals surface area contributed by atoms with E-state index in [2.05, 4.69) is 15.4 Å². The van der Waals surface area contributed by atoms with Crippen molar-refractivity contribution in [3.8, 4) is 5.69 Å². The summed E-state index contributed by atoms with van der Waals surface area (Å²) in [6.45, 7) is 3.93. The van der Waals surface area contributed by atoms with Gasteiger partial charge in [0, 0.05) is 12.1 Å². The molecule has 2 aromatic carbocycles. The Kier molecular flexibility index (Phi) is 5.76. The molecular weight excluding hydrogens is 362 g/mol. The van der Waals surface area contributed by atoms with Gasteiger partial charge in [0.05, 0.1) is 17.8 Å². The van der Waals surface area contributed by atoms with Crippen molar-refractivity contribution < 1.29 is 4.79 Å². The second-order valence-electron chi connectivity index (χ2n) is 6.44. The molecule has 0 aliphatic heterocycles. The number of nitrogens with one attached hydrogen (secondary N) is 1. The number of amides is 2. The van der Waals surface area contributed by atoms with Crippen molar-refractivity contribution in [3.63, 3.8) is 0 Å². The molecule has 0 aliphatic rings. The molecule has 0 bridgehead atoms. The van der Waals surface area contributed by atoms with Gasteiger partial charge in [-0.25, -0.2) is 14.5 Å². The molecule has 0 aliphatic carbocycles. The zero-order chi connectivity index (χ0) is 19.4. The van der Waals surface area contributed by atoms with Crippen LogP contribution in [0.5, 0.6) is 0 Å². The van der Waals surface area contributed by atoms with Gasteiger partial charge in [-0.3, -0.25) is 0 Å². The smallest absolute Gasteiger partial charge is 0.318 e. The van der Waals surface area contributed by atoms with Crippen LogP contribution in [0.1, 0.15) is 37.1 Å². The molecule has 27 heavy (non-hydrogen) atoms. The molecule has 3 rings (SSSR count). The van der Waals surface area contributed by atoms with Crippen LogP contribution in [-0.2, 0) is 0 Å². The second kappa shape index (κ2) is 8.22. The molecule has 7 heteroatoms. The van der Waals surface area contributed by atoms with Crippen LogP contribution in [-0.4, -0.2) is 32.7 Å². The molecule has 1 N–H and O–H groups in total. The highest BCUT2D eigenvalue weighted by atomic mass is 35.5. The van der Waals surface area contributed by atoms with Crippen LogP contribution in [0.4, 0.5) is 4.79 Å². The van der Waals surface area contributed by atoms with Crippen molar-refractivity contribution in [2.75, 3.05) is 7.05 Å². The van der Waals surface area contributed by atoms with E-state index in [0.29, 0.717) is 5.02 Å². The van der Waals surface area contributed by atoms with Gasteiger partial charge in [0.2, 0.25) is 0 Å². The first-order chi connectivity index (χ1) is 13.0. The fourth-order valence-electron chi connectivity index (χ4n) is 2.79. The van der Waals surface area contributed by atoms with Crippen molar-refractivity contribution in [1.82, 2.24) is 25.0 Å². The molecule has 1 heterocycles. The minimum absolute atomic E-state index is 0.0821. The second-order valence-corrected chi connectivity index (χ2v) is 6.88. The van der Waals surface area contributed by atoms with Gasteiger partial charge in [-0.05, 0) is 49.2 Å². The molecular formula is C20H22ClN5O. The minimum Gasteiger partial charge on any atom is -0.331 e. The highest BCUT2D eigenvalue weighted by Gasteiger charge is 2.19. The number of carbonyl (C=O) groups is 1. The Labute approximate surface area is 163 Å². The lowest BCUT2D eigenvalue weighted by atomic mass is 10.1. The fraction of sp³-hybridized carbons (Fsp3) is 0.250. The molecule has 2 unspecified atom stereocenters. The van der Waals surface area contributed by atoms with Crippen molar-refractivity contribution in [2.45, 2.75) is 25.9 Å². The van der Waals surface area contributed by atoms with Crippen LogP contribution in [0, 0.1) is 0 Å². The summed E-state index contributed by atoms with van der Waals surface area (Å²) in [4.78, 5) is 18.3. The Hall–Kier alpha value is -2.86. The van der Waals surface area contributed by atoms with Gasteiger partial charge in [-0.15, -0.1) is 0 Å². The maximum absolute atomic E-state index is 12.6. The van der Waals surface area contributed by atoms with Crippen LogP contribution >= 0.6 is 11.6 Å². The van der Waals surface area contributed by atoms with Crippen LogP contribution in [0.15, 0.2) is 61.2 Å². The zero-order valence-electron chi connectivity index (χ0n) is 15.5. The third-order valence-corrected chi connectivity index (χ3v) is 4.88. The van der Waals surface area contributed by atoms with Crippen molar-refractivity contribution >= 4 is 17.6 Å². The van der Waals surface area contributed by atoms with Crippen molar-refractivity contribution in [1.29, 1.82) is 0 Å². The number of urea groups is 1. The summed E-state index contributed by atoms with van der Waals surface area (Å²) in [6, 6.07) is 15.0. The molecule has 0 spiro atoms. The van der Waals surface area contributed by atoms with E-state index in [9.17, 15) is 4.79 Å². The number of hydrogen-bond acceptors (Lipinski definition) is 3. The van der Waals surface area contributed by atoms with Gasteiger partial charge in [-0.1, -0.05) is 35.9 Å². The Morgan fingerprint density at radius 2 is 1.89 bits per heavy atom. The lowest BCUT2D eigenvalue weighted by molar-refractivity contribution is 0.191. The molecule has 0 fully saturated rings. The highest BCUT2D eigenvalue weighted by Crippen LogP contribution is 2.22. The van der Waals surface area contributed by atoms with E-state index in [1.807, 2.05) is 62.4 Å². The zero-order valence-corrected chi connectivity index (χ0v) is 16.3. The molecule has 140 valence electrons. The van der Waals surface area contributed by atoms with Gasteiger partial charge in [0.15, 0.2) is 0 Å². The third-order valence-electron chi connectivity index (χ3n) is 4.65. The van der Waals surface area contributed by atoms with Crippen LogP contribution in [0.3, 0.4) is 0 Å². The molecule has 0 saturated heterocycles. The van der Waals surface area contributed by atoms with Crippen molar-refractivity contribution in [3.05, 3.63) is 77.3 Å². The van der Waals surface area contributed by atoms with Gasteiger partial charge in [-0.2, -0.15) is 5.10 Å². The average Bonchev–Trinajstić information content (AvgIpc) is 3.21. The lowest BCUT2D eigenvalue weighted by Crippen LogP contribution is -2.39. The maximum Gasteiger partial charge on any atom is 0.318 e. The topological polar surface area (TPSA) is 63.1 Å². The van der Waals surface area contributed by atoms with Crippen LogP contribution in [0.2, 0.25) is 5.02 Å². The van der Waals surface area contributed by atoms with E-state index in [0.717, 1.165) is 16.8 Å². The number of rotatable bonds is 5. The van der Waals surface area contributed by atoms with E-state index in [-0.39, 0.29) is 18.1 Å². The summed E-state index contributed by atoms with van der Waals surface area (Å²) in [6.07, 6.45) is 3.14. The summed E-state index contributed by atoms with van der Waals surface area (Å²) in [5.41, 5.74) is 2.92. The van der Waals surface area contributed by atoms with E-state index >= 15 is 0 Å². The van der Waals surface area contributed by atoms with Gasteiger partial charge >= 0.3 is 6.03 Å². The first-order valence-corrected chi connectivity index (χ1v) is 9.07. The Balaban J connectivity index is 1.65. The van der Waals surface area contributed by atoms with Gasteiger partial charge < -0.3 is 10.2 Å². The molecule has 3 aromatic rings. The van der Waals surface area contributed by atoms with Crippen LogP contribution < -0.4 is 5.32 Å². The predicted molar refractivity (Wildman–Crippen MR) is 106 cm³/mol. The first-order valence-electron chi connectivity index (χ1n) is 8.69. The Morgan fingerprint density at radius 1 is 1.15 bits per heavy atom. The third kappa shape index (κ3) is 4.46. The fourth-order valence-corrected chi connectivity index (χ4v) is 2.99. The number of benzene rings is 2. The number of halogens is 1. The number of aromatic nitrogens is 3. The largest absolute Gasteiger partial charge is 0.331 e. The summed E-state index contributed by atoms with van der Waals surface area (Å²) in [5, 5.41) is 7.78. The minimum atomic E-state index is -0.143. The van der Waals surface area contributed by atoms with E-state index in [1.54, 1.807) is 23.0 Å². The van der Waals surface area contributed by atoms with Gasteiger partial charge in [0.1, 0.15) is 12.7 Å². The molecule has 2 atom stereocenters. The van der Waals surface area contributed by atoms with Crippen molar-refractivity contribution in [2.24, 2.45) is 0 Å². The number of hydrogen-bond donors (Lipinski definition) is 1. The van der Waals surface area contributed by atoms with E-state index in [1.165, 1.54) is 6.33 Å². The maximum atomic E-state index is 12.6. The average molecular weight is 384 g/mol. The van der Waals surface area contributed by atoms with Crippen LogP contribution in [0.25, 0.3) is 5.69 Å².